The molecule has 0 unspecified atom stereocenters. The second-order valence-electron chi connectivity index (χ2n) is 4.37. The number of aryl methyl sites for hydroxylation is 2. The van der Waals surface area contributed by atoms with Crippen LogP contribution in [-0.4, -0.2) is 36.0 Å². The highest BCUT2D eigenvalue weighted by molar-refractivity contribution is 6.07. The normalized spacial score (nSPS) is 10.9. The number of carbonyl (C=O) groups is 1. The van der Waals surface area contributed by atoms with Crippen molar-refractivity contribution in [3.8, 4) is 11.3 Å². The Balaban J connectivity index is 2.35. The van der Waals surface area contributed by atoms with Gasteiger partial charge in [0.25, 0.3) is 0 Å². The van der Waals surface area contributed by atoms with E-state index in [4.69, 9.17) is 0 Å². The summed E-state index contributed by atoms with van der Waals surface area (Å²) in [6.45, 7) is 3.53. The fraction of sp³-hybridized carbons (Fsp3) is 0.154. The number of rotatable bonds is 2. The highest BCUT2D eigenvalue weighted by atomic mass is 16.4. The van der Waals surface area contributed by atoms with Crippen molar-refractivity contribution in [1.29, 1.82) is 0 Å². The van der Waals surface area contributed by atoms with Gasteiger partial charge in [-0.25, -0.2) is 24.7 Å². The lowest BCUT2D eigenvalue weighted by atomic mass is 10.1. The molecule has 0 spiro atoms. The van der Waals surface area contributed by atoms with Crippen LogP contribution in [-0.2, 0) is 0 Å². The molecule has 0 aliphatic carbocycles. The van der Waals surface area contributed by atoms with E-state index in [9.17, 15) is 9.90 Å². The largest absolute Gasteiger partial charge is 0.478 e. The Morgan fingerprint density at radius 3 is 2.50 bits per heavy atom. The number of carboxylic acid groups (broad SMARTS) is 1. The Morgan fingerprint density at radius 1 is 1.15 bits per heavy atom. The average molecular weight is 269 g/mol. The summed E-state index contributed by atoms with van der Waals surface area (Å²) in [7, 11) is 0. The molecule has 3 rings (SSSR count). The van der Waals surface area contributed by atoms with Gasteiger partial charge in [-0.15, -0.1) is 0 Å². The second kappa shape index (κ2) is 4.37. The number of fused-ring (bicyclic) bond motifs is 1. The van der Waals surface area contributed by atoms with Crippen LogP contribution in [0.25, 0.3) is 22.3 Å². The SMILES string of the molecule is Cc1ncc(-c2nc(C)nc3[nH]cc(C(=O)O)c23)cn1. The Labute approximate surface area is 113 Å². The van der Waals surface area contributed by atoms with Crippen molar-refractivity contribution in [2.24, 2.45) is 0 Å². The quantitative estimate of drug-likeness (QED) is 0.734. The predicted octanol–water partition coefficient (Wildman–Crippen LogP) is 1.73. The van der Waals surface area contributed by atoms with E-state index < -0.39 is 5.97 Å². The van der Waals surface area contributed by atoms with Gasteiger partial charge >= 0.3 is 5.97 Å². The van der Waals surface area contributed by atoms with E-state index in [0.717, 1.165) is 0 Å². The van der Waals surface area contributed by atoms with Crippen molar-refractivity contribution in [2.75, 3.05) is 0 Å². The van der Waals surface area contributed by atoms with Crippen LogP contribution in [0.4, 0.5) is 0 Å². The molecule has 0 aliphatic rings. The number of hydrogen-bond donors (Lipinski definition) is 2. The van der Waals surface area contributed by atoms with Crippen LogP contribution in [0, 0.1) is 13.8 Å². The molecular weight excluding hydrogens is 258 g/mol. The van der Waals surface area contributed by atoms with Gasteiger partial charge in [-0.05, 0) is 13.8 Å². The molecule has 7 heteroatoms. The van der Waals surface area contributed by atoms with Crippen molar-refractivity contribution in [3.63, 3.8) is 0 Å². The first kappa shape index (κ1) is 12.2. The molecule has 0 aromatic carbocycles. The Morgan fingerprint density at radius 2 is 1.85 bits per heavy atom. The standard InChI is InChI=1S/C13H11N5O2/c1-6-14-3-8(4-15-6)11-10-9(13(19)20)5-16-12(10)18-7(2)17-11/h3-5H,1-2H3,(H,19,20)(H,16,17,18). The molecule has 0 fully saturated rings. The minimum atomic E-state index is -1.03. The van der Waals surface area contributed by atoms with Gasteiger partial charge in [0.05, 0.1) is 16.6 Å². The first-order valence-corrected chi connectivity index (χ1v) is 5.94. The summed E-state index contributed by atoms with van der Waals surface area (Å²) in [4.78, 5) is 30.9. The summed E-state index contributed by atoms with van der Waals surface area (Å²) in [5.74, 6) is 0.160. The fourth-order valence-electron chi connectivity index (χ4n) is 2.04. The molecule has 20 heavy (non-hydrogen) atoms. The van der Waals surface area contributed by atoms with Gasteiger partial charge in [-0.1, -0.05) is 0 Å². The van der Waals surface area contributed by atoms with E-state index in [2.05, 4.69) is 24.9 Å². The summed E-state index contributed by atoms with van der Waals surface area (Å²) in [5, 5.41) is 9.72. The smallest absolute Gasteiger partial charge is 0.338 e. The Kier molecular flexibility index (Phi) is 2.67. The van der Waals surface area contributed by atoms with E-state index >= 15 is 0 Å². The van der Waals surface area contributed by atoms with E-state index in [1.54, 1.807) is 26.2 Å². The van der Waals surface area contributed by atoms with Gasteiger partial charge in [0, 0.05) is 24.2 Å². The van der Waals surface area contributed by atoms with Crippen LogP contribution in [0.3, 0.4) is 0 Å². The fourth-order valence-corrected chi connectivity index (χ4v) is 2.04. The third kappa shape index (κ3) is 1.89. The van der Waals surface area contributed by atoms with Crippen LogP contribution in [0.2, 0.25) is 0 Å². The summed E-state index contributed by atoms with van der Waals surface area (Å²) < 4.78 is 0. The first-order valence-electron chi connectivity index (χ1n) is 5.94. The molecule has 0 bridgehead atoms. The number of carboxylic acids is 1. The highest BCUT2D eigenvalue weighted by Crippen LogP contribution is 2.28. The number of hydrogen-bond acceptors (Lipinski definition) is 5. The monoisotopic (exact) mass is 269 g/mol. The lowest BCUT2D eigenvalue weighted by molar-refractivity contribution is 0.0699. The van der Waals surface area contributed by atoms with Crippen molar-refractivity contribution in [3.05, 3.63) is 35.8 Å². The van der Waals surface area contributed by atoms with Gasteiger partial charge in [-0.3, -0.25) is 0 Å². The van der Waals surface area contributed by atoms with E-state index in [1.165, 1.54) is 6.20 Å². The molecule has 3 heterocycles. The van der Waals surface area contributed by atoms with Crippen LogP contribution in [0.5, 0.6) is 0 Å². The van der Waals surface area contributed by atoms with E-state index in [0.29, 0.717) is 33.9 Å². The van der Waals surface area contributed by atoms with Crippen LogP contribution >= 0.6 is 0 Å². The number of nitrogens with zero attached hydrogens (tertiary/aromatic N) is 4. The van der Waals surface area contributed by atoms with E-state index in [1.807, 2.05) is 0 Å². The molecule has 0 saturated heterocycles. The van der Waals surface area contributed by atoms with E-state index in [-0.39, 0.29) is 5.56 Å². The average Bonchev–Trinajstić information content (AvgIpc) is 2.82. The molecule has 100 valence electrons. The maximum Gasteiger partial charge on any atom is 0.338 e. The molecule has 7 nitrogen and oxygen atoms in total. The number of aromatic amines is 1. The lowest BCUT2D eigenvalue weighted by Crippen LogP contribution is -1.99. The third-order valence-electron chi connectivity index (χ3n) is 2.93. The molecule has 0 amide bonds. The summed E-state index contributed by atoms with van der Waals surface area (Å²) in [5.41, 5.74) is 1.81. The highest BCUT2D eigenvalue weighted by Gasteiger charge is 2.18. The van der Waals surface area contributed by atoms with Crippen molar-refractivity contribution >= 4 is 17.0 Å². The van der Waals surface area contributed by atoms with Gasteiger partial charge in [0.15, 0.2) is 0 Å². The zero-order valence-corrected chi connectivity index (χ0v) is 10.9. The molecule has 0 atom stereocenters. The summed E-state index contributed by atoms with van der Waals surface area (Å²) in [6, 6.07) is 0. The second-order valence-corrected chi connectivity index (χ2v) is 4.37. The zero-order valence-electron chi connectivity index (χ0n) is 10.9. The van der Waals surface area contributed by atoms with Crippen molar-refractivity contribution in [2.45, 2.75) is 13.8 Å². The molecule has 2 N–H and O–H groups in total. The molecule has 0 saturated carbocycles. The zero-order chi connectivity index (χ0) is 14.3. The van der Waals surface area contributed by atoms with Gasteiger partial charge < -0.3 is 10.1 Å². The number of nitrogens with one attached hydrogen (secondary N) is 1. The van der Waals surface area contributed by atoms with Crippen molar-refractivity contribution < 1.29 is 9.90 Å². The first-order chi connectivity index (χ1) is 9.56. The third-order valence-corrected chi connectivity index (χ3v) is 2.93. The van der Waals surface area contributed by atoms with Crippen LogP contribution in [0.15, 0.2) is 18.6 Å². The van der Waals surface area contributed by atoms with Gasteiger partial charge in [0.1, 0.15) is 17.3 Å². The molecule has 3 aromatic heterocycles. The minimum Gasteiger partial charge on any atom is -0.478 e. The molecular formula is C13H11N5O2. The Bertz CT molecular complexity index is 807. The van der Waals surface area contributed by atoms with Gasteiger partial charge in [0.2, 0.25) is 0 Å². The lowest BCUT2D eigenvalue weighted by Gasteiger charge is -2.04. The summed E-state index contributed by atoms with van der Waals surface area (Å²) >= 11 is 0. The Hall–Kier alpha value is -2.83. The van der Waals surface area contributed by atoms with Gasteiger partial charge in [-0.2, -0.15) is 0 Å². The maximum atomic E-state index is 11.3. The maximum absolute atomic E-state index is 11.3. The van der Waals surface area contributed by atoms with Crippen molar-refractivity contribution in [1.82, 2.24) is 24.9 Å². The molecule has 0 aliphatic heterocycles. The van der Waals surface area contributed by atoms with Crippen LogP contribution < -0.4 is 0 Å². The number of H-pyrrole nitrogens is 1. The molecule has 3 aromatic rings. The number of aromatic nitrogens is 5. The van der Waals surface area contributed by atoms with Crippen LogP contribution in [0.1, 0.15) is 22.0 Å². The molecule has 0 radical (unpaired) electrons. The summed E-state index contributed by atoms with van der Waals surface area (Å²) in [6.07, 6.45) is 4.67. The topological polar surface area (TPSA) is 105 Å². The minimum absolute atomic E-state index is 0.135. The number of aromatic carboxylic acids is 1. The predicted molar refractivity (Wildman–Crippen MR) is 71.3 cm³/mol.